The van der Waals surface area contributed by atoms with Crippen molar-refractivity contribution in [3.8, 4) is 0 Å². The first-order chi connectivity index (χ1) is 14.0. The molecule has 0 bridgehead atoms. The summed E-state index contributed by atoms with van der Waals surface area (Å²) in [6.45, 7) is 9.74. The van der Waals surface area contributed by atoms with Crippen LogP contribution < -0.4 is 5.73 Å². The number of thiophene rings is 1. The van der Waals surface area contributed by atoms with Crippen molar-refractivity contribution in [3.05, 3.63) is 86.9 Å². The second-order valence-corrected chi connectivity index (χ2v) is 9.44. The van der Waals surface area contributed by atoms with Gasteiger partial charge in [0.1, 0.15) is 0 Å². The molecule has 2 aliphatic rings. The van der Waals surface area contributed by atoms with Crippen LogP contribution in [0.5, 0.6) is 0 Å². The monoisotopic (exact) mass is 423 g/mol. The van der Waals surface area contributed by atoms with Crippen molar-refractivity contribution in [1.29, 1.82) is 0 Å². The van der Waals surface area contributed by atoms with Gasteiger partial charge < -0.3 is 10.6 Å². The van der Waals surface area contributed by atoms with Crippen LogP contribution in [0.25, 0.3) is 5.57 Å². The average molecular weight is 424 g/mol. The second kappa shape index (κ2) is 8.21. The van der Waals surface area contributed by atoms with Crippen LogP contribution in [0.3, 0.4) is 0 Å². The summed E-state index contributed by atoms with van der Waals surface area (Å²) in [7, 11) is 1.80. The standard InChI is InChI=1S/C24H26ClN3S/c1-4-15(2)28-13-21(19-11-23(25)29-22(19)14-28)18-8-6-5-7-17(18)20(12-27-3)24(26)16-9-10-16/h4-8,11-12,16,21H,1-2,9-10,13-14,26H2,3H3/b24-20+,27-12?. The zero-order chi connectivity index (χ0) is 20.5. The minimum atomic E-state index is 0.183. The lowest BCUT2D eigenvalue weighted by Gasteiger charge is -2.35. The van der Waals surface area contributed by atoms with Gasteiger partial charge in [0, 0.05) is 47.6 Å². The number of fused-ring (bicyclic) bond motifs is 1. The van der Waals surface area contributed by atoms with Crippen LogP contribution in [0.1, 0.15) is 40.3 Å². The number of allylic oxidation sites excluding steroid dienone is 3. The zero-order valence-corrected chi connectivity index (χ0v) is 18.3. The van der Waals surface area contributed by atoms with Crippen LogP contribution in [0, 0.1) is 5.92 Å². The van der Waals surface area contributed by atoms with Gasteiger partial charge in [0.2, 0.25) is 0 Å². The number of halogens is 1. The molecule has 1 aromatic heterocycles. The van der Waals surface area contributed by atoms with Crippen LogP contribution in [0.15, 0.2) is 66.0 Å². The molecule has 1 saturated carbocycles. The van der Waals surface area contributed by atoms with E-state index < -0.39 is 0 Å². The fourth-order valence-electron chi connectivity index (χ4n) is 4.09. The van der Waals surface area contributed by atoms with E-state index in [9.17, 15) is 0 Å². The van der Waals surface area contributed by atoms with E-state index in [1.54, 1.807) is 18.4 Å². The maximum Gasteiger partial charge on any atom is 0.0934 e. The maximum atomic E-state index is 6.57. The number of rotatable bonds is 6. The topological polar surface area (TPSA) is 41.6 Å². The van der Waals surface area contributed by atoms with E-state index in [4.69, 9.17) is 17.3 Å². The van der Waals surface area contributed by atoms with Gasteiger partial charge >= 0.3 is 0 Å². The van der Waals surface area contributed by atoms with E-state index in [0.717, 1.165) is 52.8 Å². The summed E-state index contributed by atoms with van der Waals surface area (Å²) in [4.78, 5) is 7.88. The first-order valence-corrected chi connectivity index (χ1v) is 11.1. The molecule has 1 aromatic carbocycles. The number of hydrogen-bond acceptors (Lipinski definition) is 4. The second-order valence-electron chi connectivity index (χ2n) is 7.68. The Kier molecular flexibility index (Phi) is 5.66. The highest BCUT2D eigenvalue weighted by atomic mass is 35.5. The Labute approximate surface area is 181 Å². The molecule has 0 spiro atoms. The van der Waals surface area contributed by atoms with Gasteiger partial charge in [-0.1, -0.05) is 49.0 Å². The summed E-state index contributed by atoms with van der Waals surface area (Å²) in [6.07, 6.45) is 6.06. The first-order valence-electron chi connectivity index (χ1n) is 9.89. The van der Waals surface area contributed by atoms with Gasteiger partial charge in [0.05, 0.1) is 10.9 Å². The third kappa shape index (κ3) is 3.92. The molecule has 1 unspecified atom stereocenters. The number of nitrogens with zero attached hydrogens (tertiary/aromatic N) is 2. The number of aliphatic imine (C=N–C) groups is 1. The molecule has 0 saturated heterocycles. The molecular formula is C24H26ClN3S. The quantitative estimate of drug-likeness (QED) is 0.469. The number of hydrogen-bond donors (Lipinski definition) is 1. The predicted octanol–water partition coefficient (Wildman–Crippen LogP) is 5.83. The van der Waals surface area contributed by atoms with Gasteiger partial charge in [-0.05, 0) is 47.6 Å². The molecule has 4 rings (SSSR count). The molecule has 1 aliphatic heterocycles. The Bertz CT molecular complexity index is 1010. The SMILES string of the molecule is C=CC(=C)N1Cc2sc(Cl)cc2C(c2ccccc2/C(C=NC)=C(/N)C2CC2)C1. The van der Waals surface area contributed by atoms with Crippen LogP contribution in [-0.2, 0) is 6.54 Å². The fraction of sp³-hybridized carbons (Fsp3) is 0.292. The van der Waals surface area contributed by atoms with E-state index in [1.165, 1.54) is 16.0 Å². The summed E-state index contributed by atoms with van der Waals surface area (Å²) < 4.78 is 0.826. The minimum Gasteiger partial charge on any atom is -0.401 e. The number of nitrogens with two attached hydrogens (primary N) is 1. The lowest BCUT2D eigenvalue weighted by atomic mass is 9.83. The molecule has 3 nitrogen and oxygen atoms in total. The Morgan fingerprint density at radius 1 is 1.31 bits per heavy atom. The largest absolute Gasteiger partial charge is 0.401 e. The Morgan fingerprint density at radius 2 is 2.07 bits per heavy atom. The Morgan fingerprint density at radius 3 is 2.76 bits per heavy atom. The highest BCUT2D eigenvalue weighted by Gasteiger charge is 2.32. The van der Waals surface area contributed by atoms with Crippen LogP contribution in [-0.4, -0.2) is 24.7 Å². The number of benzene rings is 1. The molecule has 0 radical (unpaired) electrons. The molecule has 0 amide bonds. The fourth-order valence-corrected chi connectivity index (χ4v) is 5.44. The molecule has 2 aromatic rings. The summed E-state index contributed by atoms with van der Waals surface area (Å²) in [5.74, 6) is 0.660. The van der Waals surface area contributed by atoms with Gasteiger partial charge in [-0.25, -0.2) is 0 Å². The molecule has 150 valence electrons. The van der Waals surface area contributed by atoms with Crippen molar-refractivity contribution in [1.82, 2.24) is 4.90 Å². The normalized spacial score (nSPS) is 19.8. The van der Waals surface area contributed by atoms with Crippen molar-refractivity contribution in [2.75, 3.05) is 13.6 Å². The van der Waals surface area contributed by atoms with Crippen molar-refractivity contribution in [2.45, 2.75) is 25.3 Å². The highest BCUT2D eigenvalue weighted by Crippen LogP contribution is 2.44. The lowest BCUT2D eigenvalue weighted by molar-refractivity contribution is 0.319. The van der Waals surface area contributed by atoms with E-state index >= 15 is 0 Å². The molecule has 5 heteroatoms. The lowest BCUT2D eigenvalue weighted by Crippen LogP contribution is -2.32. The van der Waals surface area contributed by atoms with Crippen LogP contribution in [0.2, 0.25) is 4.34 Å². The zero-order valence-electron chi connectivity index (χ0n) is 16.7. The summed E-state index contributed by atoms with van der Waals surface area (Å²) >= 11 is 8.08. The third-order valence-corrected chi connectivity index (χ3v) is 7.04. The summed E-state index contributed by atoms with van der Waals surface area (Å²) in [5.41, 5.74) is 13.2. The molecular weight excluding hydrogens is 398 g/mol. The van der Waals surface area contributed by atoms with Gasteiger partial charge in [0.25, 0.3) is 0 Å². The van der Waals surface area contributed by atoms with Gasteiger partial charge in [-0.2, -0.15) is 0 Å². The molecule has 2 heterocycles. The van der Waals surface area contributed by atoms with E-state index in [0.29, 0.717) is 5.92 Å². The molecule has 29 heavy (non-hydrogen) atoms. The minimum absolute atomic E-state index is 0.183. The maximum absolute atomic E-state index is 6.57. The van der Waals surface area contributed by atoms with Crippen LogP contribution in [0.4, 0.5) is 0 Å². The molecule has 1 fully saturated rings. The smallest absolute Gasteiger partial charge is 0.0934 e. The first kappa shape index (κ1) is 20.0. The Hall–Kier alpha value is -2.30. The van der Waals surface area contributed by atoms with Crippen molar-refractivity contribution in [2.24, 2.45) is 16.6 Å². The highest BCUT2D eigenvalue weighted by molar-refractivity contribution is 7.16. The Balaban J connectivity index is 1.85. The molecule has 1 atom stereocenters. The van der Waals surface area contributed by atoms with Crippen molar-refractivity contribution < 1.29 is 0 Å². The molecule has 1 aliphatic carbocycles. The van der Waals surface area contributed by atoms with Gasteiger partial charge in [-0.15, -0.1) is 11.3 Å². The predicted molar refractivity (Wildman–Crippen MR) is 126 cm³/mol. The van der Waals surface area contributed by atoms with Crippen molar-refractivity contribution in [3.63, 3.8) is 0 Å². The van der Waals surface area contributed by atoms with Gasteiger partial charge in [0.15, 0.2) is 0 Å². The van der Waals surface area contributed by atoms with Gasteiger partial charge in [-0.3, -0.25) is 4.99 Å². The summed E-state index contributed by atoms with van der Waals surface area (Å²) in [6, 6.07) is 10.7. The van der Waals surface area contributed by atoms with E-state index in [-0.39, 0.29) is 5.92 Å². The third-order valence-electron chi connectivity index (χ3n) is 5.78. The molecule has 2 N–H and O–H groups in total. The van der Waals surface area contributed by atoms with Crippen molar-refractivity contribution >= 4 is 34.7 Å². The average Bonchev–Trinajstić information content (AvgIpc) is 3.51. The van der Waals surface area contributed by atoms with Crippen LogP contribution >= 0.6 is 22.9 Å². The summed E-state index contributed by atoms with van der Waals surface area (Å²) in [5, 5.41) is 0. The van der Waals surface area contributed by atoms with E-state index in [2.05, 4.69) is 53.4 Å². The van der Waals surface area contributed by atoms with E-state index in [1.807, 2.05) is 12.3 Å².